The molecule has 1 rings (SSSR count). The molecule has 0 spiro atoms. The fraction of sp³-hybridized carbons (Fsp3) is 0.571. The van der Waals surface area contributed by atoms with E-state index in [2.05, 4.69) is 5.10 Å². The fourth-order valence-electron chi connectivity index (χ4n) is 1.35. The van der Waals surface area contributed by atoms with Crippen LogP contribution in [0.5, 0.6) is 0 Å². The molecule has 0 aliphatic carbocycles. The van der Waals surface area contributed by atoms with Crippen molar-refractivity contribution in [1.29, 1.82) is 0 Å². The van der Waals surface area contributed by atoms with Crippen molar-refractivity contribution in [2.75, 3.05) is 0 Å². The van der Waals surface area contributed by atoms with Gasteiger partial charge in [0.25, 0.3) is 0 Å². The topological polar surface area (TPSA) is 81.2 Å². The Kier molecular flexibility index (Phi) is 2.90. The van der Waals surface area contributed by atoms with Crippen molar-refractivity contribution >= 4 is 21.5 Å². The summed E-state index contributed by atoms with van der Waals surface area (Å²) in [5.74, 6) is -0.141. The zero-order valence-electron chi connectivity index (χ0n) is 9.26. The molecule has 0 aliphatic rings. The van der Waals surface area contributed by atoms with Gasteiger partial charge in [0.1, 0.15) is 21.7 Å². The summed E-state index contributed by atoms with van der Waals surface area (Å²) in [7, 11) is 3.00. The van der Waals surface area contributed by atoms with Crippen molar-refractivity contribution in [3.05, 3.63) is 21.9 Å². The number of aromatic nitrogens is 2. The van der Waals surface area contributed by atoms with Gasteiger partial charge in [-0.05, 0) is 18.8 Å². The van der Waals surface area contributed by atoms with Crippen LogP contribution in [0.4, 0.5) is 5.82 Å². The lowest BCUT2D eigenvalue weighted by atomic mass is 9.62. The molecular weight excluding hydrogens is 196 g/mol. The van der Waals surface area contributed by atoms with E-state index < -0.39 is 10.3 Å². The maximum Gasteiger partial charge on any atom is 0.349 e. The van der Waals surface area contributed by atoms with Gasteiger partial charge in [-0.15, -0.1) is 4.68 Å². The van der Waals surface area contributed by atoms with Crippen LogP contribution in [0.25, 0.3) is 0 Å². The average molecular weight is 209 g/mol. The van der Waals surface area contributed by atoms with Gasteiger partial charge in [-0.3, -0.25) is 0 Å². The van der Waals surface area contributed by atoms with E-state index in [4.69, 9.17) is 0 Å². The lowest BCUT2D eigenvalue weighted by Gasteiger charge is -2.15. The minimum absolute atomic E-state index is 0.110. The Labute approximate surface area is 89.2 Å². The molecule has 8 heteroatoms. The van der Waals surface area contributed by atoms with Crippen molar-refractivity contribution in [3.63, 3.8) is 0 Å². The largest absolute Gasteiger partial charge is 0.403 e. The summed E-state index contributed by atoms with van der Waals surface area (Å²) in [6, 6.07) is -0.110. The Balaban J connectivity index is 3.37. The SMILES string of the molecule is BC(B)(O)c1cnn(C(C)C)c1[N+](=O)[O-]. The molecule has 0 unspecified atom stereocenters. The zero-order valence-corrected chi connectivity index (χ0v) is 9.26. The van der Waals surface area contributed by atoms with Gasteiger partial charge in [-0.25, -0.2) is 0 Å². The highest BCUT2D eigenvalue weighted by Gasteiger charge is 2.32. The molecule has 6 nitrogen and oxygen atoms in total. The molecule has 0 saturated heterocycles. The smallest absolute Gasteiger partial charge is 0.349 e. The highest BCUT2D eigenvalue weighted by Crippen LogP contribution is 2.27. The highest BCUT2D eigenvalue weighted by atomic mass is 16.6. The van der Waals surface area contributed by atoms with Crippen LogP contribution in [0.1, 0.15) is 25.5 Å². The Hall–Kier alpha value is -1.30. The third-order valence-corrected chi connectivity index (χ3v) is 2.09. The Morgan fingerprint density at radius 1 is 1.67 bits per heavy atom. The molecule has 0 fully saturated rings. The lowest BCUT2D eigenvalue weighted by molar-refractivity contribution is -0.394. The molecule has 80 valence electrons. The average Bonchev–Trinajstić information content (AvgIpc) is 2.45. The van der Waals surface area contributed by atoms with Gasteiger partial charge in [0.2, 0.25) is 0 Å². The summed E-state index contributed by atoms with van der Waals surface area (Å²) in [6.45, 7) is 3.60. The number of hydrogen-bond donors (Lipinski definition) is 1. The second-order valence-electron chi connectivity index (χ2n) is 4.24. The first-order valence-electron chi connectivity index (χ1n) is 4.70. The summed E-state index contributed by atoms with van der Waals surface area (Å²) in [5.41, 5.74) is 0.237. The number of aliphatic hydroxyl groups is 1. The normalized spacial score (nSPS) is 12.0. The first-order chi connectivity index (χ1) is 6.75. The third kappa shape index (κ3) is 2.20. The van der Waals surface area contributed by atoms with Crippen LogP contribution in [0.2, 0.25) is 0 Å². The quantitative estimate of drug-likeness (QED) is 0.382. The van der Waals surface area contributed by atoms with Gasteiger partial charge in [0, 0.05) is 5.40 Å². The second kappa shape index (κ2) is 3.69. The molecule has 0 radical (unpaired) electrons. The van der Waals surface area contributed by atoms with Gasteiger partial charge in [0.05, 0.1) is 11.8 Å². The molecule has 0 aromatic carbocycles. The van der Waals surface area contributed by atoms with E-state index in [-0.39, 0.29) is 17.4 Å². The van der Waals surface area contributed by atoms with Crippen LogP contribution >= 0.6 is 0 Å². The number of nitrogens with zero attached hydrogens (tertiary/aromatic N) is 3. The zero-order chi connectivity index (χ0) is 11.8. The van der Waals surface area contributed by atoms with Crippen LogP contribution in [-0.2, 0) is 5.40 Å². The van der Waals surface area contributed by atoms with E-state index in [0.717, 1.165) is 0 Å². The summed E-state index contributed by atoms with van der Waals surface area (Å²) in [5, 5.41) is 23.3. The molecule has 1 aromatic rings. The molecule has 1 heterocycles. The van der Waals surface area contributed by atoms with E-state index >= 15 is 0 Å². The van der Waals surface area contributed by atoms with E-state index in [9.17, 15) is 15.2 Å². The maximum atomic E-state index is 10.9. The molecule has 0 aliphatic heterocycles. The Bertz CT molecular complexity index is 383. The molecular formula is C7H13B2N3O3. The Morgan fingerprint density at radius 2 is 2.20 bits per heavy atom. The summed E-state index contributed by atoms with van der Waals surface area (Å²) >= 11 is 0. The van der Waals surface area contributed by atoms with Crippen LogP contribution in [0, 0.1) is 10.1 Å². The van der Waals surface area contributed by atoms with E-state index in [1.165, 1.54) is 26.6 Å². The maximum absolute atomic E-state index is 10.9. The standard InChI is InChI=1S/C7H13B2N3O3/c1-4(2)11-6(12(14)15)5(3-10-11)7(8,9)13/h3-4,13H,8-9H2,1-2H3. The predicted molar refractivity (Wildman–Crippen MR) is 60.3 cm³/mol. The second-order valence-corrected chi connectivity index (χ2v) is 4.24. The summed E-state index contributed by atoms with van der Waals surface area (Å²) < 4.78 is 1.30. The number of hydrogen-bond acceptors (Lipinski definition) is 4. The van der Waals surface area contributed by atoms with Gasteiger partial charge in [0.15, 0.2) is 0 Å². The predicted octanol–water partition coefficient (Wildman–Crippen LogP) is -1.26. The first kappa shape index (κ1) is 11.8. The highest BCUT2D eigenvalue weighted by molar-refractivity contribution is 6.38. The molecule has 0 atom stereocenters. The van der Waals surface area contributed by atoms with Crippen LogP contribution in [0.3, 0.4) is 0 Å². The van der Waals surface area contributed by atoms with E-state index in [0.29, 0.717) is 0 Å². The van der Waals surface area contributed by atoms with Crippen molar-refractivity contribution in [2.24, 2.45) is 0 Å². The molecule has 15 heavy (non-hydrogen) atoms. The Morgan fingerprint density at radius 3 is 2.53 bits per heavy atom. The van der Waals surface area contributed by atoms with Crippen LogP contribution < -0.4 is 0 Å². The molecule has 0 bridgehead atoms. The summed E-state index contributed by atoms with van der Waals surface area (Å²) in [6.07, 6.45) is 1.35. The molecule has 0 saturated carbocycles. The minimum Gasteiger partial charge on any atom is -0.403 e. The molecule has 0 amide bonds. The van der Waals surface area contributed by atoms with Crippen molar-refractivity contribution < 1.29 is 10.0 Å². The summed E-state index contributed by atoms with van der Waals surface area (Å²) in [4.78, 5) is 10.4. The van der Waals surface area contributed by atoms with Gasteiger partial charge in [-0.2, -0.15) is 0 Å². The van der Waals surface area contributed by atoms with Crippen molar-refractivity contribution in [2.45, 2.75) is 25.3 Å². The molecule has 1 N–H and O–H groups in total. The van der Waals surface area contributed by atoms with E-state index in [1.54, 1.807) is 13.8 Å². The third-order valence-electron chi connectivity index (χ3n) is 2.09. The molecule has 1 aromatic heterocycles. The van der Waals surface area contributed by atoms with Gasteiger partial charge >= 0.3 is 5.82 Å². The fourth-order valence-corrected chi connectivity index (χ4v) is 1.35. The number of rotatable bonds is 3. The van der Waals surface area contributed by atoms with Crippen LogP contribution in [0.15, 0.2) is 6.20 Å². The number of nitro groups is 1. The first-order valence-corrected chi connectivity index (χ1v) is 4.70. The lowest BCUT2D eigenvalue weighted by Crippen LogP contribution is -2.26. The van der Waals surface area contributed by atoms with E-state index in [1.807, 2.05) is 0 Å². The van der Waals surface area contributed by atoms with Crippen LogP contribution in [-0.4, -0.2) is 35.5 Å². The van der Waals surface area contributed by atoms with Gasteiger partial charge < -0.3 is 15.2 Å². The van der Waals surface area contributed by atoms with Crippen molar-refractivity contribution in [1.82, 2.24) is 9.78 Å². The van der Waals surface area contributed by atoms with Gasteiger partial charge in [-0.1, -0.05) is 5.10 Å². The van der Waals surface area contributed by atoms with Crippen molar-refractivity contribution in [3.8, 4) is 0 Å². The minimum atomic E-state index is -1.25. The monoisotopic (exact) mass is 209 g/mol.